The van der Waals surface area contributed by atoms with Crippen molar-refractivity contribution in [2.75, 3.05) is 18.5 Å². The third-order valence-corrected chi connectivity index (χ3v) is 3.03. The van der Waals surface area contributed by atoms with Gasteiger partial charge in [0.05, 0.1) is 12.2 Å². The maximum Gasteiger partial charge on any atom is 0.418 e. The number of ether oxygens (including phenoxy) is 1. The first-order chi connectivity index (χ1) is 10.9. The van der Waals surface area contributed by atoms with Gasteiger partial charge in [0, 0.05) is 12.2 Å². The third kappa shape index (κ3) is 4.85. The maximum atomic E-state index is 13.1. The fraction of sp³-hybridized carbons (Fsp3) is 0.250. The van der Waals surface area contributed by atoms with Crippen LogP contribution >= 0.6 is 0 Å². The van der Waals surface area contributed by atoms with E-state index in [4.69, 9.17) is 9.84 Å². The second kappa shape index (κ2) is 7.32. The normalized spacial score (nSPS) is 11.3. The van der Waals surface area contributed by atoms with Gasteiger partial charge in [-0.2, -0.15) is 13.2 Å². The highest BCUT2D eigenvalue weighted by atomic mass is 19.4. The van der Waals surface area contributed by atoms with Gasteiger partial charge in [0.25, 0.3) is 0 Å². The van der Waals surface area contributed by atoms with Crippen LogP contribution in [0, 0.1) is 5.82 Å². The number of nitrogens with one attached hydrogen (secondary N) is 1. The number of aliphatic hydroxyl groups is 1. The van der Waals surface area contributed by atoms with Gasteiger partial charge in [-0.15, -0.1) is 0 Å². The molecule has 0 fully saturated rings. The maximum absolute atomic E-state index is 13.1. The summed E-state index contributed by atoms with van der Waals surface area (Å²) in [4.78, 5) is 0. The molecule has 7 heteroatoms. The van der Waals surface area contributed by atoms with Crippen molar-refractivity contribution in [2.45, 2.75) is 12.7 Å². The first kappa shape index (κ1) is 17.1. The lowest BCUT2D eigenvalue weighted by Gasteiger charge is -2.16. The van der Waals surface area contributed by atoms with Crippen LogP contribution in [0.25, 0.3) is 0 Å². The Morgan fingerprint density at radius 1 is 1.09 bits per heavy atom. The standard InChI is InChI=1S/C16H15F4NO2/c17-12-3-1-2-11(8-12)10-21-15-5-4-13(23-7-6-22)9-14(15)16(18,19)20/h1-5,8-9,21-22H,6-7,10H2. The Balaban J connectivity index is 2.19. The Hall–Kier alpha value is -2.28. The number of anilines is 1. The van der Waals surface area contributed by atoms with Crippen molar-refractivity contribution in [3.05, 3.63) is 59.4 Å². The molecule has 0 aliphatic heterocycles. The first-order valence-corrected chi connectivity index (χ1v) is 6.83. The van der Waals surface area contributed by atoms with Crippen LogP contribution < -0.4 is 10.1 Å². The van der Waals surface area contributed by atoms with Crippen molar-refractivity contribution in [1.29, 1.82) is 0 Å². The molecule has 2 aromatic carbocycles. The highest BCUT2D eigenvalue weighted by Crippen LogP contribution is 2.37. The molecule has 0 saturated carbocycles. The molecule has 0 aliphatic carbocycles. The molecule has 0 atom stereocenters. The van der Waals surface area contributed by atoms with Gasteiger partial charge < -0.3 is 15.2 Å². The predicted octanol–water partition coefficient (Wildman–Crippen LogP) is 3.83. The lowest BCUT2D eigenvalue weighted by Crippen LogP contribution is -2.12. The van der Waals surface area contributed by atoms with Crippen molar-refractivity contribution < 1.29 is 27.4 Å². The molecule has 23 heavy (non-hydrogen) atoms. The smallest absolute Gasteiger partial charge is 0.418 e. The first-order valence-electron chi connectivity index (χ1n) is 6.83. The molecule has 0 aliphatic rings. The summed E-state index contributed by atoms with van der Waals surface area (Å²) in [5.74, 6) is -0.434. The Morgan fingerprint density at radius 3 is 2.52 bits per heavy atom. The lowest BCUT2D eigenvalue weighted by atomic mass is 10.1. The summed E-state index contributed by atoms with van der Waals surface area (Å²) in [6, 6.07) is 9.10. The molecule has 0 aromatic heterocycles. The van der Waals surface area contributed by atoms with Gasteiger partial charge in [-0.05, 0) is 35.9 Å². The quantitative estimate of drug-likeness (QED) is 0.792. The fourth-order valence-corrected chi connectivity index (χ4v) is 2.01. The minimum absolute atomic E-state index is 0.0164. The molecule has 2 N–H and O–H groups in total. The minimum atomic E-state index is -4.57. The molecule has 2 rings (SSSR count). The second-order valence-corrected chi connectivity index (χ2v) is 4.76. The topological polar surface area (TPSA) is 41.5 Å². The average molecular weight is 329 g/mol. The number of aliphatic hydroxyl groups excluding tert-OH is 1. The number of halogens is 4. The number of rotatable bonds is 6. The molecule has 124 valence electrons. The Labute approximate surface area is 130 Å². The molecular formula is C16H15F4NO2. The number of benzene rings is 2. The zero-order valence-electron chi connectivity index (χ0n) is 12.0. The summed E-state index contributed by atoms with van der Waals surface area (Å²) in [7, 11) is 0. The summed E-state index contributed by atoms with van der Waals surface area (Å²) < 4.78 is 57.5. The van der Waals surface area contributed by atoms with Gasteiger partial charge in [0.2, 0.25) is 0 Å². The van der Waals surface area contributed by atoms with E-state index in [1.54, 1.807) is 6.07 Å². The minimum Gasteiger partial charge on any atom is -0.491 e. The van der Waals surface area contributed by atoms with Crippen molar-refractivity contribution in [2.24, 2.45) is 0 Å². The lowest BCUT2D eigenvalue weighted by molar-refractivity contribution is -0.137. The molecule has 0 spiro atoms. The van der Waals surface area contributed by atoms with Crippen LogP contribution in [0.3, 0.4) is 0 Å². The van der Waals surface area contributed by atoms with Crippen molar-refractivity contribution >= 4 is 5.69 Å². The number of hydrogen-bond donors (Lipinski definition) is 2. The van der Waals surface area contributed by atoms with Crippen LogP contribution in [0.15, 0.2) is 42.5 Å². The Bertz CT molecular complexity index is 659. The summed E-state index contributed by atoms with van der Waals surface area (Å²) in [6.07, 6.45) is -4.57. The molecule has 2 aromatic rings. The van der Waals surface area contributed by atoms with Crippen LogP contribution in [-0.2, 0) is 12.7 Å². The van der Waals surface area contributed by atoms with Gasteiger partial charge >= 0.3 is 6.18 Å². The van der Waals surface area contributed by atoms with E-state index < -0.39 is 17.6 Å². The van der Waals surface area contributed by atoms with Crippen LogP contribution in [-0.4, -0.2) is 18.3 Å². The highest BCUT2D eigenvalue weighted by molar-refractivity contribution is 5.56. The van der Waals surface area contributed by atoms with Crippen molar-refractivity contribution in [3.8, 4) is 5.75 Å². The van der Waals surface area contributed by atoms with Crippen molar-refractivity contribution in [1.82, 2.24) is 0 Å². The summed E-state index contributed by atoms with van der Waals surface area (Å²) in [5, 5.41) is 11.3. The van der Waals surface area contributed by atoms with Crippen LogP contribution in [0.5, 0.6) is 5.75 Å². The molecular weight excluding hydrogens is 314 g/mol. The van der Waals surface area contributed by atoms with Gasteiger partial charge in [0.1, 0.15) is 18.2 Å². The fourth-order valence-electron chi connectivity index (χ4n) is 2.01. The summed E-state index contributed by atoms with van der Waals surface area (Å²) in [6.45, 7) is -0.327. The van der Waals surface area contributed by atoms with E-state index in [1.165, 1.54) is 30.3 Å². The van der Waals surface area contributed by atoms with E-state index in [0.29, 0.717) is 5.56 Å². The average Bonchev–Trinajstić information content (AvgIpc) is 2.50. The zero-order valence-corrected chi connectivity index (χ0v) is 12.0. The predicted molar refractivity (Wildman–Crippen MR) is 77.8 cm³/mol. The Morgan fingerprint density at radius 2 is 1.87 bits per heavy atom. The van der Waals surface area contributed by atoms with Crippen LogP contribution in [0.2, 0.25) is 0 Å². The highest BCUT2D eigenvalue weighted by Gasteiger charge is 2.34. The van der Waals surface area contributed by atoms with Gasteiger partial charge in [0.15, 0.2) is 0 Å². The monoisotopic (exact) mass is 329 g/mol. The van der Waals surface area contributed by atoms with Crippen molar-refractivity contribution in [3.63, 3.8) is 0 Å². The van der Waals surface area contributed by atoms with E-state index in [0.717, 1.165) is 6.07 Å². The summed E-state index contributed by atoms with van der Waals surface area (Å²) >= 11 is 0. The Kier molecular flexibility index (Phi) is 5.44. The van der Waals surface area contributed by atoms with Gasteiger partial charge in [-0.3, -0.25) is 0 Å². The van der Waals surface area contributed by atoms with E-state index in [-0.39, 0.29) is 31.2 Å². The molecule has 0 unspecified atom stereocenters. The molecule has 0 bridgehead atoms. The second-order valence-electron chi connectivity index (χ2n) is 4.76. The number of hydrogen-bond acceptors (Lipinski definition) is 3. The van der Waals surface area contributed by atoms with E-state index in [1.807, 2.05) is 0 Å². The van der Waals surface area contributed by atoms with Gasteiger partial charge in [-0.25, -0.2) is 4.39 Å². The van der Waals surface area contributed by atoms with E-state index in [2.05, 4.69) is 5.32 Å². The van der Waals surface area contributed by atoms with Gasteiger partial charge in [-0.1, -0.05) is 12.1 Å². The summed E-state index contributed by atoms with van der Waals surface area (Å²) in [5.41, 5.74) is -0.485. The van der Waals surface area contributed by atoms with E-state index >= 15 is 0 Å². The zero-order chi connectivity index (χ0) is 16.9. The van der Waals surface area contributed by atoms with E-state index in [9.17, 15) is 17.6 Å². The van der Waals surface area contributed by atoms with Crippen LogP contribution in [0.1, 0.15) is 11.1 Å². The van der Waals surface area contributed by atoms with Crippen LogP contribution in [0.4, 0.5) is 23.2 Å². The molecule has 0 radical (unpaired) electrons. The largest absolute Gasteiger partial charge is 0.491 e. The molecule has 0 heterocycles. The molecule has 0 amide bonds. The number of alkyl halides is 3. The molecule has 0 saturated heterocycles. The SMILES string of the molecule is OCCOc1ccc(NCc2cccc(F)c2)c(C(F)(F)F)c1. The third-order valence-electron chi connectivity index (χ3n) is 3.03. The molecule has 3 nitrogen and oxygen atoms in total.